The van der Waals surface area contributed by atoms with Crippen LogP contribution in [0.15, 0.2) is 0 Å². The number of rotatable bonds is 9. The van der Waals surface area contributed by atoms with E-state index in [9.17, 15) is 9.59 Å². The van der Waals surface area contributed by atoms with Gasteiger partial charge in [-0.1, -0.05) is 39.0 Å². The average molecular weight is 363 g/mol. The zero-order valence-electron chi connectivity index (χ0n) is 16.1. The third-order valence-electron chi connectivity index (χ3n) is 4.51. The predicted molar refractivity (Wildman–Crippen MR) is 99.4 cm³/mol. The van der Waals surface area contributed by atoms with Crippen LogP contribution in [0.2, 0.25) is 0 Å². The Morgan fingerprint density at radius 2 is 1.81 bits per heavy atom. The quantitative estimate of drug-likeness (QED) is 0.506. The molecule has 1 aliphatic heterocycles. The lowest BCUT2D eigenvalue weighted by atomic mass is 9.94. The minimum absolute atomic E-state index is 0.0242. The highest BCUT2D eigenvalue weighted by atomic mass is 16.2. The van der Waals surface area contributed by atoms with Crippen molar-refractivity contribution in [2.45, 2.75) is 64.5 Å². The molecule has 0 spiro atoms. The van der Waals surface area contributed by atoms with E-state index in [1.807, 2.05) is 0 Å². The lowest BCUT2D eigenvalue weighted by Gasteiger charge is -2.21. The molecule has 2 rings (SSSR count). The Morgan fingerprint density at radius 3 is 2.46 bits per heavy atom. The Balaban J connectivity index is 2.04. The number of unbranched alkanes of at least 4 members (excludes halogenated alkanes) is 4. The second-order valence-electron chi connectivity index (χ2n) is 7.12. The number of nitrogens with two attached hydrogens (primary N) is 1. The zero-order valence-corrected chi connectivity index (χ0v) is 16.1. The van der Waals surface area contributed by atoms with Gasteiger partial charge in [0.15, 0.2) is 5.82 Å². The molecule has 2 heterocycles. The highest BCUT2D eigenvalue weighted by Crippen LogP contribution is 2.25. The average Bonchev–Trinajstić information content (AvgIpc) is 2.78. The van der Waals surface area contributed by atoms with Crippen LogP contribution in [0.25, 0.3) is 0 Å². The summed E-state index contributed by atoms with van der Waals surface area (Å²) in [5.41, 5.74) is 4.84. The van der Waals surface area contributed by atoms with E-state index in [0.29, 0.717) is 12.4 Å². The SMILES string of the molecule is CCCCCCCC1(C)NC(=O)N(Cc2nc(N)nc(N(C)C)n2)C1=O. The number of imide groups is 1. The number of anilines is 2. The molecule has 9 nitrogen and oxygen atoms in total. The summed E-state index contributed by atoms with van der Waals surface area (Å²) in [5, 5.41) is 2.82. The summed E-state index contributed by atoms with van der Waals surface area (Å²) >= 11 is 0. The van der Waals surface area contributed by atoms with Crippen LogP contribution >= 0.6 is 0 Å². The van der Waals surface area contributed by atoms with E-state index in [4.69, 9.17) is 5.73 Å². The van der Waals surface area contributed by atoms with E-state index >= 15 is 0 Å². The van der Waals surface area contributed by atoms with Crippen molar-refractivity contribution < 1.29 is 9.59 Å². The van der Waals surface area contributed by atoms with Crippen molar-refractivity contribution in [3.8, 4) is 0 Å². The first-order chi connectivity index (χ1) is 12.3. The van der Waals surface area contributed by atoms with Gasteiger partial charge in [-0.05, 0) is 13.3 Å². The number of urea groups is 1. The van der Waals surface area contributed by atoms with Crippen molar-refractivity contribution in [2.24, 2.45) is 0 Å². The molecule has 1 aromatic rings. The first kappa shape index (κ1) is 19.9. The van der Waals surface area contributed by atoms with Crippen LogP contribution in [-0.4, -0.2) is 51.4 Å². The zero-order chi connectivity index (χ0) is 19.3. The molecule has 9 heteroatoms. The van der Waals surface area contributed by atoms with Gasteiger partial charge in [0, 0.05) is 14.1 Å². The smallest absolute Gasteiger partial charge is 0.325 e. The molecule has 0 radical (unpaired) electrons. The van der Waals surface area contributed by atoms with E-state index in [1.165, 1.54) is 12.8 Å². The Labute approximate surface area is 154 Å². The van der Waals surface area contributed by atoms with Crippen LogP contribution in [0.3, 0.4) is 0 Å². The van der Waals surface area contributed by atoms with Crippen molar-refractivity contribution in [2.75, 3.05) is 24.7 Å². The maximum atomic E-state index is 12.8. The van der Waals surface area contributed by atoms with Crippen LogP contribution in [-0.2, 0) is 11.3 Å². The van der Waals surface area contributed by atoms with E-state index in [1.54, 1.807) is 25.9 Å². The molecule has 1 saturated heterocycles. The van der Waals surface area contributed by atoms with Crippen LogP contribution < -0.4 is 16.0 Å². The number of carbonyl (C=O) groups excluding carboxylic acids is 2. The van der Waals surface area contributed by atoms with Gasteiger partial charge >= 0.3 is 6.03 Å². The summed E-state index contributed by atoms with van der Waals surface area (Å²) in [6.07, 6.45) is 6.10. The third-order valence-corrected chi connectivity index (χ3v) is 4.51. The lowest BCUT2D eigenvalue weighted by molar-refractivity contribution is -0.131. The summed E-state index contributed by atoms with van der Waals surface area (Å²) < 4.78 is 0. The fourth-order valence-electron chi connectivity index (χ4n) is 2.98. The fraction of sp³-hybridized carbons (Fsp3) is 0.706. The molecule has 1 unspecified atom stereocenters. The van der Waals surface area contributed by atoms with Crippen LogP contribution in [0.1, 0.15) is 58.2 Å². The molecule has 1 atom stereocenters. The highest BCUT2D eigenvalue weighted by molar-refractivity contribution is 6.06. The molecular weight excluding hydrogens is 334 g/mol. The van der Waals surface area contributed by atoms with Gasteiger partial charge in [-0.2, -0.15) is 15.0 Å². The highest BCUT2D eigenvalue weighted by Gasteiger charge is 2.47. The van der Waals surface area contributed by atoms with Crippen molar-refractivity contribution in [1.82, 2.24) is 25.2 Å². The largest absolute Gasteiger partial charge is 0.368 e. The van der Waals surface area contributed by atoms with Gasteiger partial charge in [0.05, 0.1) is 6.54 Å². The van der Waals surface area contributed by atoms with Gasteiger partial charge in [-0.15, -0.1) is 0 Å². The van der Waals surface area contributed by atoms with E-state index in [0.717, 1.165) is 24.2 Å². The first-order valence-corrected chi connectivity index (χ1v) is 9.08. The number of nitrogens with one attached hydrogen (secondary N) is 1. The summed E-state index contributed by atoms with van der Waals surface area (Å²) in [6, 6.07) is -0.420. The summed E-state index contributed by atoms with van der Waals surface area (Å²) in [5.74, 6) is 0.489. The Bertz CT molecular complexity index is 665. The number of amides is 3. The van der Waals surface area contributed by atoms with Crippen molar-refractivity contribution in [1.29, 1.82) is 0 Å². The molecule has 1 aromatic heterocycles. The number of nitrogens with zero attached hydrogens (tertiary/aromatic N) is 5. The molecule has 3 N–H and O–H groups in total. The summed E-state index contributed by atoms with van der Waals surface area (Å²) in [4.78, 5) is 40.3. The lowest BCUT2D eigenvalue weighted by Crippen LogP contribution is -2.43. The van der Waals surface area contributed by atoms with Crippen molar-refractivity contribution in [3.63, 3.8) is 0 Å². The monoisotopic (exact) mass is 363 g/mol. The van der Waals surface area contributed by atoms with E-state index in [-0.39, 0.29) is 24.2 Å². The van der Waals surface area contributed by atoms with Gasteiger partial charge in [0.2, 0.25) is 11.9 Å². The Morgan fingerprint density at radius 1 is 1.12 bits per heavy atom. The van der Waals surface area contributed by atoms with Gasteiger partial charge < -0.3 is 16.0 Å². The number of hydrogen-bond acceptors (Lipinski definition) is 7. The fourth-order valence-corrected chi connectivity index (χ4v) is 2.98. The van der Waals surface area contributed by atoms with Gasteiger partial charge in [-0.3, -0.25) is 9.69 Å². The second kappa shape index (κ2) is 8.29. The number of nitrogen functional groups attached to an aromatic ring is 1. The number of carbonyl (C=O) groups is 2. The van der Waals surface area contributed by atoms with Crippen molar-refractivity contribution in [3.05, 3.63) is 5.82 Å². The van der Waals surface area contributed by atoms with Crippen LogP contribution in [0, 0.1) is 0 Å². The topological polar surface area (TPSA) is 117 Å². The van der Waals surface area contributed by atoms with Crippen molar-refractivity contribution >= 4 is 23.8 Å². The second-order valence-corrected chi connectivity index (χ2v) is 7.12. The molecule has 0 saturated carbocycles. The normalized spacial score (nSPS) is 19.8. The summed E-state index contributed by atoms with van der Waals surface area (Å²) in [7, 11) is 3.56. The Hall–Kier alpha value is -2.45. The predicted octanol–water partition coefficient (Wildman–Crippen LogP) is 1.69. The summed E-state index contributed by atoms with van der Waals surface area (Å²) in [6.45, 7) is 3.92. The van der Waals surface area contributed by atoms with Gasteiger partial charge in [0.25, 0.3) is 5.91 Å². The van der Waals surface area contributed by atoms with Crippen LogP contribution in [0.4, 0.5) is 16.7 Å². The first-order valence-electron chi connectivity index (χ1n) is 9.08. The molecule has 26 heavy (non-hydrogen) atoms. The van der Waals surface area contributed by atoms with Gasteiger partial charge in [-0.25, -0.2) is 4.79 Å². The minimum atomic E-state index is -0.869. The molecule has 1 aliphatic rings. The Kier molecular flexibility index (Phi) is 6.33. The van der Waals surface area contributed by atoms with E-state index < -0.39 is 11.6 Å². The molecule has 0 aromatic carbocycles. The molecule has 0 bridgehead atoms. The number of hydrogen-bond donors (Lipinski definition) is 2. The molecule has 144 valence electrons. The maximum Gasteiger partial charge on any atom is 0.325 e. The van der Waals surface area contributed by atoms with Gasteiger partial charge in [0.1, 0.15) is 5.54 Å². The molecule has 0 aliphatic carbocycles. The molecule has 1 fully saturated rings. The number of aromatic nitrogens is 3. The minimum Gasteiger partial charge on any atom is -0.368 e. The van der Waals surface area contributed by atoms with Crippen LogP contribution in [0.5, 0.6) is 0 Å². The third kappa shape index (κ3) is 4.59. The standard InChI is InChI=1S/C17H29N7O2/c1-5-6-7-8-9-10-17(2)13(25)24(16(26)22-17)11-12-19-14(18)21-15(20-12)23(3)4/h5-11H2,1-4H3,(H,22,26)(H2,18,19,20,21). The molecular formula is C17H29N7O2. The maximum absolute atomic E-state index is 12.8. The molecule has 3 amide bonds. The van der Waals surface area contributed by atoms with E-state index in [2.05, 4.69) is 27.2 Å².